The third-order valence-electron chi connectivity index (χ3n) is 4.25. The Kier molecular flexibility index (Phi) is 5.49. The number of carbonyl (C=O) groups is 1. The van der Waals surface area contributed by atoms with Crippen molar-refractivity contribution in [3.63, 3.8) is 0 Å². The van der Waals surface area contributed by atoms with Crippen molar-refractivity contribution in [2.45, 2.75) is 17.4 Å². The lowest BCUT2D eigenvalue weighted by molar-refractivity contribution is 0.0602. The van der Waals surface area contributed by atoms with Crippen LogP contribution < -0.4 is 9.62 Å². The molecule has 1 aromatic heterocycles. The maximum Gasteiger partial charge on any atom is 0.349 e. The summed E-state index contributed by atoms with van der Waals surface area (Å²) in [6.45, 7) is 1.72. The molecule has 0 amide bonds. The molecule has 1 fully saturated rings. The molecule has 0 bridgehead atoms. The lowest BCUT2D eigenvalue weighted by Gasteiger charge is -2.18. The quantitative estimate of drug-likeness (QED) is 0.756. The molecule has 1 N–H and O–H groups in total. The number of methoxy groups -OCH3 is 2. The number of thiophene rings is 1. The number of hydrogen-bond acceptors (Lipinski definition) is 7. The molecule has 3 rings (SSSR count). The SMILES string of the molecule is COC(=O)c1sccc1S(=O)(=O)Nc1ccc(N2CCC(OC)C2)cc1. The number of esters is 1. The standard InChI is InChI=1S/C17H20N2O5S2/c1-23-14-7-9-19(11-14)13-5-3-12(4-6-13)18-26(21,22)15-8-10-25-16(15)17(20)24-2/h3-6,8,10,14,18H,7,9,11H2,1-2H3. The normalized spacial score (nSPS) is 17.3. The molecular weight excluding hydrogens is 376 g/mol. The summed E-state index contributed by atoms with van der Waals surface area (Å²) < 4.78 is 37.7. The van der Waals surface area contributed by atoms with E-state index >= 15 is 0 Å². The van der Waals surface area contributed by atoms with Gasteiger partial charge in [-0.3, -0.25) is 4.72 Å². The van der Waals surface area contributed by atoms with Crippen molar-refractivity contribution < 1.29 is 22.7 Å². The number of rotatable bonds is 6. The predicted octanol–water partition coefficient (Wildman–Crippen LogP) is 2.56. The molecule has 140 valence electrons. The van der Waals surface area contributed by atoms with Gasteiger partial charge < -0.3 is 14.4 Å². The van der Waals surface area contributed by atoms with Gasteiger partial charge in [-0.1, -0.05) is 0 Å². The zero-order chi connectivity index (χ0) is 18.7. The van der Waals surface area contributed by atoms with Gasteiger partial charge in [-0.05, 0) is 42.1 Å². The van der Waals surface area contributed by atoms with Gasteiger partial charge in [-0.15, -0.1) is 11.3 Å². The minimum Gasteiger partial charge on any atom is -0.465 e. The first-order chi connectivity index (χ1) is 12.4. The molecule has 0 saturated carbocycles. The molecule has 26 heavy (non-hydrogen) atoms. The fraction of sp³-hybridized carbons (Fsp3) is 0.353. The number of sulfonamides is 1. The van der Waals surface area contributed by atoms with E-state index in [2.05, 4.69) is 14.4 Å². The Hall–Kier alpha value is -2.10. The van der Waals surface area contributed by atoms with Crippen molar-refractivity contribution in [1.82, 2.24) is 0 Å². The fourth-order valence-electron chi connectivity index (χ4n) is 2.86. The zero-order valence-corrected chi connectivity index (χ0v) is 16.1. The molecule has 0 aliphatic carbocycles. The summed E-state index contributed by atoms with van der Waals surface area (Å²) in [6, 6.07) is 8.53. The first kappa shape index (κ1) is 18.7. The number of benzene rings is 1. The highest BCUT2D eigenvalue weighted by Gasteiger charge is 2.25. The highest BCUT2D eigenvalue weighted by Crippen LogP contribution is 2.27. The van der Waals surface area contributed by atoms with E-state index in [0.29, 0.717) is 5.69 Å². The summed E-state index contributed by atoms with van der Waals surface area (Å²) in [7, 11) is -0.948. The van der Waals surface area contributed by atoms with Crippen LogP contribution in [-0.2, 0) is 19.5 Å². The van der Waals surface area contributed by atoms with E-state index in [1.807, 2.05) is 12.1 Å². The average molecular weight is 396 g/mol. The molecule has 1 aromatic carbocycles. The van der Waals surface area contributed by atoms with Crippen molar-refractivity contribution in [2.75, 3.05) is 36.9 Å². The van der Waals surface area contributed by atoms with Crippen LogP contribution in [0, 0.1) is 0 Å². The maximum atomic E-state index is 12.6. The molecular formula is C17H20N2O5S2. The minimum absolute atomic E-state index is 0.0549. The summed E-state index contributed by atoms with van der Waals surface area (Å²) in [5.41, 5.74) is 1.44. The molecule has 7 nitrogen and oxygen atoms in total. The Morgan fingerprint density at radius 1 is 1.23 bits per heavy atom. The summed E-state index contributed by atoms with van der Waals surface area (Å²) >= 11 is 1.03. The maximum absolute atomic E-state index is 12.6. The lowest BCUT2D eigenvalue weighted by atomic mass is 10.2. The Morgan fingerprint density at radius 3 is 2.58 bits per heavy atom. The Labute approximate surface area is 156 Å². The third-order valence-corrected chi connectivity index (χ3v) is 6.70. The largest absolute Gasteiger partial charge is 0.465 e. The molecule has 1 atom stereocenters. The summed E-state index contributed by atoms with van der Waals surface area (Å²) in [5, 5.41) is 1.55. The van der Waals surface area contributed by atoms with Crippen LogP contribution in [0.15, 0.2) is 40.6 Å². The van der Waals surface area contributed by atoms with Crippen molar-refractivity contribution >= 4 is 38.7 Å². The lowest BCUT2D eigenvalue weighted by Crippen LogP contribution is -2.22. The number of nitrogens with one attached hydrogen (secondary N) is 1. The highest BCUT2D eigenvalue weighted by atomic mass is 32.2. The van der Waals surface area contributed by atoms with Crippen LogP contribution in [0.3, 0.4) is 0 Å². The van der Waals surface area contributed by atoms with Crippen LogP contribution >= 0.6 is 11.3 Å². The van der Waals surface area contributed by atoms with Gasteiger partial charge in [0.2, 0.25) is 0 Å². The van der Waals surface area contributed by atoms with Crippen LogP contribution in [-0.4, -0.2) is 47.8 Å². The topological polar surface area (TPSA) is 84.9 Å². The fourth-order valence-corrected chi connectivity index (χ4v) is 5.25. The number of nitrogens with zero attached hydrogens (tertiary/aromatic N) is 1. The van der Waals surface area contributed by atoms with Gasteiger partial charge in [0.15, 0.2) is 0 Å². The molecule has 1 aliphatic heterocycles. The highest BCUT2D eigenvalue weighted by molar-refractivity contribution is 7.93. The minimum atomic E-state index is -3.87. The number of hydrogen-bond donors (Lipinski definition) is 1. The van der Waals surface area contributed by atoms with Crippen molar-refractivity contribution in [3.8, 4) is 0 Å². The Bertz CT molecular complexity index is 877. The molecule has 2 aromatic rings. The molecule has 1 saturated heterocycles. The smallest absolute Gasteiger partial charge is 0.349 e. The second-order valence-corrected chi connectivity index (χ2v) is 8.42. The van der Waals surface area contributed by atoms with E-state index in [1.165, 1.54) is 13.2 Å². The van der Waals surface area contributed by atoms with E-state index in [9.17, 15) is 13.2 Å². The Balaban J connectivity index is 1.75. The van der Waals surface area contributed by atoms with E-state index in [0.717, 1.165) is 36.5 Å². The monoisotopic (exact) mass is 396 g/mol. The third kappa shape index (κ3) is 3.84. The predicted molar refractivity (Wildman–Crippen MR) is 101 cm³/mol. The zero-order valence-electron chi connectivity index (χ0n) is 14.5. The summed E-state index contributed by atoms with van der Waals surface area (Å²) in [6.07, 6.45) is 1.20. The van der Waals surface area contributed by atoms with Crippen LogP contribution in [0.1, 0.15) is 16.1 Å². The Morgan fingerprint density at radius 2 is 1.96 bits per heavy atom. The van der Waals surface area contributed by atoms with Crippen molar-refractivity contribution in [1.29, 1.82) is 0 Å². The van der Waals surface area contributed by atoms with Gasteiger partial charge in [-0.25, -0.2) is 13.2 Å². The van der Waals surface area contributed by atoms with Gasteiger partial charge in [0.1, 0.15) is 9.77 Å². The summed E-state index contributed by atoms with van der Waals surface area (Å²) in [5.74, 6) is -0.669. The first-order valence-electron chi connectivity index (χ1n) is 8.01. The van der Waals surface area contributed by atoms with Crippen LogP contribution in [0.4, 0.5) is 11.4 Å². The molecule has 1 unspecified atom stereocenters. The van der Waals surface area contributed by atoms with Gasteiger partial charge in [0.05, 0.1) is 13.2 Å². The van der Waals surface area contributed by atoms with Gasteiger partial charge in [0.25, 0.3) is 10.0 Å². The van der Waals surface area contributed by atoms with Crippen molar-refractivity contribution in [2.24, 2.45) is 0 Å². The van der Waals surface area contributed by atoms with Gasteiger partial charge >= 0.3 is 5.97 Å². The van der Waals surface area contributed by atoms with E-state index in [1.54, 1.807) is 24.6 Å². The first-order valence-corrected chi connectivity index (χ1v) is 10.4. The number of carbonyl (C=O) groups excluding carboxylic acids is 1. The molecule has 2 heterocycles. The van der Waals surface area contributed by atoms with Gasteiger partial charge in [-0.2, -0.15) is 0 Å². The second kappa shape index (κ2) is 7.65. The average Bonchev–Trinajstić information content (AvgIpc) is 3.31. The molecule has 1 aliphatic rings. The number of ether oxygens (including phenoxy) is 2. The van der Waals surface area contributed by atoms with E-state index in [4.69, 9.17) is 4.74 Å². The van der Waals surface area contributed by atoms with Crippen LogP contribution in [0.2, 0.25) is 0 Å². The van der Waals surface area contributed by atoms with Crippen molar-refractivity contribution in [3.05, 3.63) is 40.6 Å². The van der Waals surface area contributed by atoms with E-state index in [-0.39, 0.29) is 15.9 Å². The van der Waals surface area contributed by atoms with E-state index < -0.39 is 16.0 Å². The van der Waals surface area contributed by atoms with Crippen LogP contribution in [0.25, 0.3) is 0 Å². The van der Waals surface area contributed by atoms with Crippen LogP contribution in [0.5, 0.6) is 0 Å². The molecule has 9 heteroatoms. The second-order valence-electron chi connectivity index (χ2n) is 5.85. The number of anilines is 2. The summed E-state index contributed by atoms with van der Waals surface area (Å²) in [4.78, 5) is 13.9. The molecule has 0 spiro atoms. The molecule has 0 radical (unpaired) electrons. The van der Waals surface area contributed by atoms with Gasteiger partial charge in [0, 0.05) is 31.6 Å².